The molecule has 1 aromatic carbocycles. The molecule has 0 amide bonds. The molecule has 0 saturated carbocycles. The van der Waals surface area contributed by atoms with Crippen molar-refractivity contribution in [3.63, 3.8) is 0 Å². The molecule has 0 bridgehead atoms. The van der Waals surface area contributed by atoms with Crippen molar-refractivity contribution in [3.8, 4) is 0 Å². The molecule has 2 atom stereocenters. The van der Waals surface area contributed by atoms with Gasteiger partial charge in [0.1, 0.15) is 11.6 Å². The van der Waals surface area contributed by atoms with Gasteiger partial charge < -0.3 is 5.32 Å². The van der Waals surface area contributed by atoms with E-state index in [1.54, 1.807) is 0 Å². The van der Waals surface area contributed by atoms with Crippen LogP contribution in [-0.2, 0) is 6.42 Å². The normalized spacial score (nSPS) is 24.9. The van der Waals surface area contributed by atoms with Crippen molar-refractivity contribution in [3.05, 3.63) is 35.4 Å². The van der Waals surface area contributed by atoms with E-state index in [0.717, 1.165) is 12.8 Å². The van der Waals surface area contributed by atoms with Crippen molar-refractivity contribution < 1.29 is 8.78 Å². The Bertz CT molecular complexity index is 378. The lowest BCUT2D eigenvalue weighted by atomic mass is 9.94. The van der Waals surface area contributed by atoms with Crippen LogP contribution in [0.15, 0.2) is 18.2 Å². The van der Waals surface area contributed by atoms with E-state index >= 15 is 0 Å². The second-order valence-electron chi connectivity index (χ2n) is 4.97. The Hall–Kier alpha value is -0.960. The summed E-state index contributed by atoms with van der Waals surface area (Å²) in [5, 5.41) is 3.50. The van der Waals surface area contributed by atoms with Gasteiger partial charge in [-0.1, -0.05) is 6.42 Å². The summed E-state index contributed by atoms with van der Waals surface area (Å²) in [6, 6.07) is 4.68. The number of rotatable bonds is 3. The van der Waals surface area contributed by atoms with Gasteiger partial charge >= 0.3 is 0 Å². The number of halogens is 2. The lowest BCUT2D eigenvalue weighted by Gasteiger charge is -2.28. The third kappa shape index (κ3) is 3.50. The fourth-order valence-electron chi connectivity index (χ4n) is 2.53. The van der Waals surface area contributed by atoms with Crippen LogP contribution >= 0.6 is 0 Å². The van der Waals surface area contributed by atoms with Gasteiger partial charge in [0.15, 0.2) is 0 Å². The zero-order chi connectivity index (χ0) is 12.3. The summed E-state index contributed by atoms with van der Waals surface area (Å²) in [5.41, 5.74) is 0.491. The largest absolute Gasteiger partial charge is 0.311 e. The third-order valence-electron chi connectivity index (χ3n) is 3.48. The van der Waals surface area contributed by atoms with E-state index in [0.29, 0.717) is 24.1 Å². The summed E-state index contributed by atoms with van der Waals surface area (Å²) < 4.78 is 26.4. The smallest absolute Gasteiger partial charge is 0.126 e. The van der Waals surface area contributed by atoms with Crippen LogP contribution in [0.4, 0.5) is 8.78 Å². The molecule has 1 saturated heterocycles. The fourth-order valence-corrected chi connectivity index (χ4v) is 2.53. The van der Waals surface area contributed by atoms with Gasteiger partial charge in [-0.25, -0.2) is 8.78 Å². The average molecular weight is 239 g/mol. The van der Waals surface area contributed by atoms with Crippen LogP contribution in [0.5, 0.6) is 0 Å². The van der Waals surface area contributed by atoms with Crippen molar-refractivity contribution in [1.29, 1.82) is 0 Å². The van der Waals surface area contributed by atoms with Crippen LogP contribution in [0.2, 0.25) is 0 Å². The summed E-state index contributed by atoms with van der Waals surface area (Å²) in [5.74, 6) is -0.651. The molecule has 94 valence electrons. The number of aryl methyl sites for hydroxylation is 1. The van der Waals surface area contributed by atoms with E-state index < -0.39 is 0 Å². The summed E-state index contributed by atoms with van der Waals surface area (Å²) in [4.78, 5) is 0. The highest BCUT2D eigenvalue weighted by atomic mass is 19.1. The minimum Gasteiger partial charge on any atom is -0.311 e. The highest BCUT2D eigenvalue weighted by Crippen LogP contribution is 2.18. The molecule has 1 aliphatic rings. The molecule has 2 rings (SSSR count). The molecule has 3 heteroatoms. The van der Waals surface area contributed by atoms with Gasteiger partial charge in [0.05, 0.1) is 0 Å². The van der Waals surface area contributed by atoms with E-state index in [9.17, 15) is 8.78 Å². The Morgan fingerprint density at radius 3 is 2.88 bits per heavy atom. The van der Waals surface area contributed by atoms with Gasteiger partial charge in [0.2, 0.25) is 0 Å². The molecule has 1 heterocycles. The summed E-state index contributed by atoms with van der Waals surface area (Å²) in [6.45, 7) is 2.18. The maximum Gasteiger partial charge on any atom is 0.126 e. The molecule has 0 aliphatic carbocycles. The van der Waals surface area contributed by atoms with E-state index in [-0.39, 0.29) is 11.6 Å². The van der Waals surface area contributed by atoms with E-state index in [1.165, 1.54) is 31.0 Å². The molecule has 0 aromatic heterocycles. The number of piperidine rings is 1. The number of benzene rings is 1. The Kier molecular flexibility index (Phi) is 4.11. The first-order chi connectivity index (χ1) is 8.15. The summed E-state index contributed by atoms with van der Waals surface area (Å²) in [7, 11) is 0. The fraction of sp³-hybridized carbons (Fsp3) is 0.571. The van der Waals surface area contributed by atoms with Crippen molar-refractivity contribution >= 4 is 0 Å². The first-order valence-electron chi connectivity index (χ1n) is 6.35. The van der Waals surface area contributed by atoms with Gasteiger partial charge in [0, 0.05) is 12.1 Å². The predicted molar refractivity (Wildman–Crippen MR) is 64.9 cm³/mol. The minimum atomic E-state index is -0.355. The second-order valence-corrected chi connectivity index (χ2v) is 4.97. The standard InChI is InChI=1S/C14H19F2N/c1-10-3-2-4-13(17-10)7-5-11-9-12(15)6-8-14(11)16/h6,8-10,13,17H,2-5,7H2,1H3. The Morgan fingerprint density at radius 2 is 2.12 bits per heavy atom. The van der Waals surface area contributed by atoms with Crippen molar-refractivity contribution in [1.82, 2.24) is 5.32 Å². The summed E-state index contributed by atoms with van der Waals surface area (Å²) in [6.07, 6.45) is 5.06. The zero-order valence-electron chi connectivity index (χ0n) is 10.2. The van der Waals surface area contributed by atoms with Gasteiger partial charge in [-0.2, -0.15) is 0 Å². The zero-order valence-corrected chi connectivity index (χ0v) is 10.2. The van der Waals surface area contributed by atoms with Gasteiger partial charge in [-0.15, -0.1) is 0 Å². The monoisotopic (exact) mass is 239 g/mol. The molecular formula is C14H19F2N. The molecular weight excluding hydrogens is 220 g/mol. The highest BCUT2D eigenvalue weighted by Gasteiger charge is 2.17. The molecule has 2 unspecified atom stereocenters. The van der Waals surface area contributed by atoms with E-state index in [2.05, 4.69) is 12.2 Å². The maximum atomic E-state index is 13.4. The van der Waals surface area contributed by atoms with Crippen molar-refractivity contribution in [2.75, 3.05) is 0 Å². The van der Waals surface area contributed by atoms with Crippen LogP contribution in [-0.4, -0.2) is 12.1 Å². The average Bonchev–Trinajstić information content (AvgIpc) is 2.30. The first kappa shape index (κ1) is 12.5. The van der Waals surface area contributed by atoms with Crippen molar-refractivity contribution in [2.24, 2.45) is 0 Å². The van der Waals surface area contributed by atoms with Crippen LogP contribution < -0.4 is 5.32 Å². The lowest BCUT2D eigenvalue weighted by Crippen LogP contribution is -2.40. The number of hydrogen-bond acceptors (Lipinski definition) is 1. The van der Waals surface area contributed by atoms with Crippen LogP contribution in [0.1, 0.15) is 38.2 Å². The van der Waals surface area contributed by atoms with Gasteiger partial charge in [-0.05, 0) is 56.4 Å². The second kappa shape index (κ2) is 5.58. The minimum absolute atomic E-state index is 0.296. The molecule has 0 spiro atoms. The van der Waals surface area contributed by atoms with E-state index in [1.807, 2.05) is 0 Å². The topological polar surface area (TPSA) is 12.0 Å². The van der Waals surface area contributed by atoms with Crippen LogP contribution in [0.3, 0.4) is 0 Å². The quantitative estimate of drug-likeness (QED) is 0.852. The third-order valence-corrected chi connectivity index (χ3v) is 3.48. The van der Waals surface area contributed by atoms with Gasteiger partial charge in [-0.3, -0.25) is 0 Å². The Labute approximate surface area is 101 Å². The SMILES string of the molecule is CC1CCCC(CCc2cc(F)ccc2F)N1. The highest BCUT2D eigenvalue weighted by molar-refractivity contribution is 5.19. The summed E-state index contributed by atoms with van der Waals surface area (Å²) >= 11 is 0. The van der Waals surface area contributed by atoms with Gasteiger partial charge in [0.25, 0.3) is 0 Å². The molecule has 1 N–H and O–H groups in total. The molecule has 17 heavy (non-hydrogen) atoms. The Balaban J connectivity index is 1.90. The molecule has 1 aliphatic heterocycles. The molecule has 0 radical (unpaired) electrons. The van der Waals surface area contributed by atoms with Crippen LogP contribution in [0.25, 0.3) is 0 Å². The van der Waals surface area contributed by atoms with Crippen LogP contribution in [0, 0.1) is 11.6 Å². The first-order valence-corrected chi connectivity index (χ1v) is 6.35. The predicted octanol–water partition coefficient (Wildman–Crippen LogP) is 3.43. The van der Waals surface area contributed by atoms with E-state index in [4.69, 9.17) is 0 Å². The Morgan fingerprint density at radius 1 is 1.29 bits per heavy atom. The number of hydrogen-bond donors (Lipinski definition) is 1. The molecule has 1 aromatic rings. The lowest BCUT2D eigenvalue weighted by molar-refractivity contribution is 0.321. The maximum absolute atomic E-state index is 13.4. The molecule has 1 nitrogen and oxygen atoms in total. The number of nitrogens with one attached hydrogen (secondary N) is 1. The van der Waals surface area contributed by atoms with Crippen molar-refractivity contribution in [2.45, 2.75) is 51.1 Å². The molecule has 1 fully saturated rings.